The summed E-state index contributed by atoms with van der Waals surface area (Å²) in [7, 11) is 0. The van der Waals surface area contributed by atoms with E-state index in [1.165, 1.54) is 39.8 Å². The van der Waals surface area contributed by atoms with Crippen molar-refractivity contribution in [2.24, 2.45) is 0 Å². The van der Waals surface area contributed by atoms with Crippen LogP contribution in [0.4, 0.5) is 0 Å². The van der Waals surface area contributed by atoms with Crippen molar-refractivity contribution >= 4 is 3.21 Å². The molecule has 0 saturated heterocycles. The minimum Gasteiger partial charge on any atom is -1.00 e. The molecule has 0 aromatic heterocycles. The van der Waals surface area contributed by atoms with Crippen LogP contribution < -0.4 is 24.8 Å². The van der Waals surface area contributed by atoms with Gasteiger partial charge in [-0.2, -0.15) is 0 Å². The molecule has 0 amide bonds. The molecular weight excluding hydrogens is 631 g/mol. The molecule has 0 aliphatic heterocycles. The Morgan fingerprint density at radius 3 is 1.55 bits per heavy atom. The van der Waals surface area contributed by atoms with Crippen molar-refractivity contribution in [3.8, 4) is 11.1 Å². The smallest absolute Gasteiger partial charge is 1.00 e. The molecule has 0 fully saturated rings. The largest absolute Gasteiger partial charge is 1.00 e. The van der Waals surface area contributed by atoms with Crippen LogP contribution in [0, 0.1) is 0 Å². The minimum absolute atomic E-state index is 0. The number of allylic oxidation sites excluding steroid dienone is 4. The van der Waals surface area contributed by atoms with E-state index >= 15 is 0 Å². The second-order valence-corrected chi connectivity index (χ2v) is 17.4. The average Bonchev–Trinajstić information content (AvgIpc) is 3.58. The molecule has 0 spiro atoms. The van der Waals surface area contributed by atoms with Gasteiger partial charge in [0.1, 0.15) is 0 Å². The molecule has 0 bridgehead atoms. The molecule has 2 aliphatic carbocycles. The average molecular weight is 671 g/mol. The van der Waals surface area contributed by atoms with E-state index in [0.29, 0.717) is 3.63 Å². The van der Waals surface area contributed by atoms with Gasteiger partial charge in [-0.1, -0.05) is 0 Å². The molecular formula is C39H40Cl2Zr. The molecule has 0 radical (unpaired) electrons. The van der Waals surface area contributed by atoms with E-state index in [2.05, 4.69) is 131 Å². The summed E-state index contributed by atoms with van der Waals surface area (Å²) in [4.78, 5) is 0. The van der Waals surface area contributed by atoms with Gasteiger partial charge in [-0.05, 0) is 0 Å². The Bertz CT molecular complexity index is 1550. The fraction of sp³-hybridized carbons (Fsp3) is 0.256. The van der Waals surface area contributed by atoms with Crippen LogP contribution in [-0.2, 0) is 34.1 Å². The van der Waals surface area contributed by atoms with E-state index in [1.54, 1.807) is 25.5 Å². The maximum Gasteiger partial charge on any atom is -1.00 e. The molecule has 2 aliphatic rings. The fourth-order valence-electron chi connectivity index (χ4n) is 6.80. The predicted octanol–water partition coefficient (Wildman–Crippen LogP) is 4.18. The van der Waals surface area contributed by atoms with Gasteiger partial charge in [-0.25, -0.2) is 0 Å². The SMILES string of the molecule is CCC1=CC(CC)=[C]([Zr+2](=[C](c2ccccc2)c2ccccc2)[CH]2c3cc(CC)ccc3-c3ccc(CC)cc32)C1.[Cl-].[Cl-]. The number of fused-ring (bicyclic) bond motifs is 3. The number of halogens is 2. The van der Waals surface area contributed by atoms with Crippen molar-refractivity contribution in [2.75, 3.05) is 0 Å². The van der Waals surface area contributed by atoms with Crippen molar-refractivity contribution in [3.63, 3.8) is 0 Å². The molecule has 42 heavy (non-hydrogen) atoms. The summed E-state index contributed by atoms with van der Waals surface area (Å²) < 4.78 is 3.95. The summed E-state index contributed by atoms with van der Waals surface area (Å²) in [6.07, 6.45) is 8.16. The standard InChI is InChI=1S/C17H17.C13H10.C9H13.2ClH.Zr/c1-3-12-5-7-16-14(9-12)11-15-10-13(4-2)6-8-17(15)16;1-3-7-12(8-4-1)11-13-9-5-2-6-10-13;1-3-8-5-6-9(4-2)7-8;;;/h5-11H,3-4H2,1-2H3;1-10H;7H,3-5H2,1-2H3;2*1H;/q;;;;;+2/p-2. The van der Waals surface area contributed by atoms with Gasteiger partial charge in [-0.15, -0.1) is 0 Å². The fourth-order valence-corrected chi connectivity index (χ4v) is 16.7. The second kappa shape index (κ2) is 14.4. The molecule has 6 rings (SSSR count). The normalized spacial score (nSPS) is 13.4. The molecule has 3 heteroatoms. The summed E-state index contributed by atoms with van der Waals surface area (Å²) in [6.45, 7) is 9.30. The zero-order chi connectivity index (χ0) is 27.6. The first-order chi connectivity index (χ1) is 19.7. The maximum absolute atomic E-state index is 2.69. The van der Waals surface area contributed by atoms with E-state index < -0.39 is 21.3 Å². The van der Waals surface area contributed by atoms with Crippen molar-refractivity contribution in [2.45, 2.75) is 63.4 Å². The van der Waals surface area contributed by atoms with Crippen LogP contribution in [0.5, 0.6) is 0 Å². The van der Waals surface area contributed by atoms with Gasteiger partial charge in [0.25, 0.3) is 0 Å². The van der Waals surface area contributed by atoms with Crippen molar-refractivity contribution in [1.82, 2.24) is 0 Å². The van der Waals surface area contributed by atoms with E-state index in [-0.39, 0.29) is 24.8 Å². The summed E-state index contributed by atoms with van der Waals surface area (Å²) >= 11 is -2.69. The van der Waals surface area contributed by atoms with Crippen LogP contribution in [0.1, 0.15) is 84.0 Å². The van der Waals surface area contributed by atoms with Gasteiger partial charge in [0, 0.05) is 0 Å². The van der Waals surface area contributed by atoms with Gasteiger partial charge in [0.05, 0.1) is 0 Å². The molecule has 0 unspecified atom stereocenters. The summed E-state index contributed by atoms with van der Waals surface area (Å²) in [5, 5.41) is 0. The Kier molecular flexibility index (Phi) is 11.2. The van der Waals surface area contributed by atoms with Crippen LogP contribution in [0.3, 0.4) is 0 Å². The van der Waals surface area contributed by atoms with E-state index in [1.807, 2.05) is 3.28 Å². The molecule has 0 nitrogen and oxygen atoms in total. The van der Waals surface area contributed by atoms with E-state index in [0.717, 1.165) is 25.7 Å². The number of benzene rings is 4. The molecule has 4 aromatic rings. The monoisotopic (exact) mass is 668 g/mol. The van der Waals surface area contributed by atoms with Crippen LogP contribution >= 0.6 is 0 Å². The molecule has 0 saturated carbocycles. The predicted molar refractivity (Wildman–Crippen MR) is 169 cm³/mol. The topological polar surface area (TPSA) is 0 Å². The van der Waals surface area contributed by atoms with Crippen LogP contribution in [-0.4, -0.2) is 3.21 Å². The zero-order valence-electron chi connectivity index (χ0n) is 25.2. The minimum atomic E-state index is -2.69. The summed E-state index contributed by atoms with van der Waals surface area (Å²) in [5.74, 6) is 0. The number of hydrogen-bond donors (Lipinski definition) is 0. The number of aryl methyl sites for hydroxylation is 2. The first-order valence-electron chi connectivity index (χ1n) is 15.2. The van der Waals surface area contributed by atoms with Crippen LogP contribution in [0.25, 0.3) is 11.1 Å². The van der Waals surface area contributed by atoms with Crippen molar-refractivity contribution in [1.29, 1.82) is 0 Å². The molecule has 0 N–H and O–H groups in total. The Hall–Kier alpha value is -2.31. The Labute approximate surface area is 273 Å². The van der Waals surface area contributed by atoms with E-state index in [9.17, 15) is 0 Å². The second-order valence-electron chi connectivity index (χ2n) is 11.2. The van der Waals surface area contributed by atoms with Gasteiger partial charge >= 0.3 is 250 Å². The third-order valence-electron chi connectivity index (χ3n) is 8.97. The van der Waals surface area contributed by atoms with Gasteiger partial charge < -0.3 is 24.8 Å². The van der Waals surface area contributed by atoms with Gasteiger partial charge in [0.15, 0.2) is 0 Å². The molecule has 0 atom stereocenters. The Morgan fingerprint density at radius 1 is 0.619 bits per heavy atom. The quantitative estimate of drug-likeness (QED) is 0.264. The maximum atomic E-state index is 2.58. The molecule has 214 valence electrons. The first kappa shape index (κ1) is 32.6. The van der Waals surface area contributed by atoms with E-state index in [4.69, 9.17) is 0 Å². The Morgan fingerprint density at radius 2 is 1.12 bits per heavy atom. The Balaban J connectivity index is 0.00000202. The first-order valence-corrected chi connectivity index (χ1v) is 19.1. The van der Waals surface area contributed by atoms with Crippen LogP contribution in [0.2, 0.25) is 0 Å². The number of rotatable bonds is 8. The van der Waals surface area contributed by atoms with Gasteiger partial charge in [0.2, 0.25) is 0 Å². The summed E-state index contributed by atoms with van der Waals surface area (Å²) in [5.41, 5.74) is 15.1. The van der Waals surface area contributed by atoms with Crippen molar-refractivity contribution in [3.05, 3.63) is 151 Å². The summed E-state index contributed by atoms with van der Waals surface area (Å²) in [6, 6.07) is 37.5. The molecule has 0 heterocycles. The molecule has 4 aromatic carbocycles. The van der Waals surface area contributed by atoms with Crippen molar-refractivity contribution < 1.29 is 46.1 Å². The van der Waals surface area contributed by atoms with Crippen LogP contribution in [0.15, 0.2) is 118 Å². The third-order valence-corrected chi connectivity index (χ3v) is 17.5. The third kappa shape index (κ3) is 6.04. The number of hydrogen-bond acceptors (Lipinski definition) is 0. The zero-order valence-corrected chi connectivity index (χ0v) is 29.2. The van der Waals surface area contributed by atoms with Gasteiger partial charge in [-0.3, -0.25) is 0 Å².